The number of carbonyl (C=O) groups is 3. The van der Waals surface area contributed by atoms with Gasteiger partial charge in [-0.1, -0.05) is 31.1 Å². The molecule has 8 heteroatoms. The van der Waals surface area contributed by atoms with E-state index in [1.165, 1.54) is 11.8 Å². The van der Waals surface area contributed by atoms with Crippen LogP contribution < -0.4 is 10.2 Å². The summed E-state index contributed by atoms with van der Waals surface area (Å²) in [6, 6.07) is 6.96. The number of rotatable bonds is 4. The lowest BCUT2D eigenvalue weighted by Crippen LogP contribution is -2.47. The van der Waals surface area contributed by atoms with Gasteiger partial charge in [-0.25, -0.2) is 4.79 Å². The molecule has 2 heterocycles. The zero-order valence-corrected chi connectivity index (χ0v) is 15.6. The Bertz CT molecular complexity index is 903. The van der Waals surface area contributed by atoms with Gasteiger partial charge in [0.2, 0.25) is 5.91 Å². The number of nitrogens with one attached hydrogen (secondary N) is 1. The molecule has 3 rings (SSSR count). The fourth-order valence-corrected chi connectivity index (χ4v) is 2.95. The number of esters is 1. The number of aromatic nitrogens is 1. The van der Waals surface area contributed by atoms with Crippen LogP contribution in [0.5, 0.6) is 0 Å². The number of hydrogen-bond donors (Lipinski definition) is 1. The largest absolute Gasteiger partial charge is 0.449 e. The van der Waals surface area contributed by atoms with E-state index in [1.54, 1.807) is 31.2 Å². The van der Waals surface area contributed by atoms with Crippen molar-refractivity contribution in [2.45, 2.75) is 39.7 Å². The Morgan fingerprint density at radius 2 is 1.96 bits per heavy atom. The van der Waals surface area contributed by atoms with Gasteiger partial charge in [0.05, 0.1) is 17.1 Å². The molecule has 1 aromatic carbocycles. The number of fused-ring (bicyclic) bond motifs is 1. The predicted molar refractivity (Wildman–Crippen MR) is 97.6 cm³/mol. The van der Waals surface area contributed by atoms with E-state index in [0.717, 1.165) is 0 Å². The number of hydrogen-bond acceptors (Lipinski definition) is 6. The first-order valence-electron chi connectivity index (χ1n) is 8.67. The average molecular weight is 371 g/mol. The number of carbonyl (C=O) groups excluding carboxylic acids is 3. The SMILES string of the molecule is Cc1noc(C(C)C)c1C(=O)OC(C)C(=O)N1CC(=O)Nc2ccccc21. The number of nitrogens with zero attached hydrogens (tertiary/aromatic N) is 2. The minimum Gasteiger partial charge on any atom is -0.449 e. The molecule has 0 radical (unpaired) electrons. The molecule has 2 amide bonds. The first-order chi connectivity index (χ1) is 12.8. The minimum absolute atomic E-state index is 0.0579. The van der Waals surface area contributed by atoms with Gasteiger partial charge in [0.15, 0.2) is 11.9 Å². The summed E-state index contributed by atoms with van der Waals surface area (Å²) in [6.45, 7) is 6.72. The Morgan fingerprint density at radius 3 is 2.67 bits per heavy atom. The molecular formula is C19H21N3O5. The van der Waals surface area contributed by atoms with Crippen LogP contribution in [0.2, 0.25) is 0 Å². The van der Waals surface area contributed by atoms with Gasteiger partial charge in [0, 0.05) is 5.92 Å². The maximum absolute atomic E-state index is 12.8. The van der Waals surface area contributed by atoms with Crippen molar-refractivity contribution in [1.29, 1.82) is 0 Å². The van der Waals surface area contributed by atoms with Crippen LogP contribution in [-0.2, 0) is 14.3 Å². The van der Waals surface area contributed by atoms with Crippen molar-refractivity contribution in [3.8, 4) is 0 Å². The number of amides is 2. The van der Waals surface area contributed by atoms with Crippen molar-refractivity contribution in [1.82, 2.24) is 5.16 Å². The number of benzene rings is 1. The Balaban J connectivity index is 1.80. The van der Waals surface area contributed by atoms with E-state index < -0.39 is 18.0 Å². The monoisotopic (exact) mass is 371 g/mol. The average Bonchev–Trinajstić information content (AvgIpc) is 3.02. The van der Waals surface area contributed by atoms with Crippen LogP contribution in [0.25, 0.3) is 0 Å². The van der Waals surface area contributed by atoms with E-state index in [2.05, 4.69) is 10.5 Å². The van der Waals surface area contributed by atoms with Crippen molar-refractivity contribution >= 4 is 29.2 Å². The molecule has 0 fully saturated rings. The van der Waals surface area contributed by atoms with Crippen LogP contribution >= 0.6 is 0 Å². The summed E-state index contributed by atoms with van der Waals surface area (Å²) in [5.41, 5.74) is 1.75. The molecule has 1 N–H and O–H groups in total. The van der Waals surface area contributed by atoms with E-state index in [-0.39, 0.29) is 23.9 Å². The molecule has 2 aromatic rings. The molecule has 0 saturated heterocycles. The maximum atomic E-state index is 12.8. The Labute approximate surface area is 156 Å². The van der Waals surface area contributed by atoms with Crippen LogP contribution in [-0.4, -0.2) is 35.6 Å². The predicted octanol–water partition coefficient (Wildman–Crippen LogP) is 2.64. The van der Waals surface area contributed by atoms with Gasteiger partial charge in [-0.15, -0.1) is 0 Å². The molecule has 1 unspecified atom stereocenters. The Kier molecular flexibility index (Phi) is 4.98. The lowest BCUT2D eigenvalue weighted by molar-refractivity contribution is -0.128. The maximum Gasteiger partial charge on any atom is 0.344 e. The van der Waals surface area contributed by atoms with Crippen LogP contribution in [0.3, 0.4) is 0 Å². The number of para-hydroxylation sites is 2. The highest BCUT2D eigenvalue weighted by molar-refractivity contribution is 6.11. The molecular weight excluding hydrogens is 350 g/mol. The summed E-state index contributed by atoms with van der Waals surface area (Å²) < 4.78 is 10.6. The second kappa shape index (κ2) is 7.22. The molecule has 1 atom stereocenters. The van der Waals surface area contributed by atoms with Gasteiger partial charge in [-0.2, -0.15) is 0 Å². The number of anilines is 2. The highest BCUT2D eigenvalue weighted by Crippen LogP contribution is 2.30. The Morgan fingerprint density at radius 1 is 1.26 bits per heavy atom. The number of aryl methyl sites for hydroxylation is 1. The topological polar surface area (TPSA) is 102 Å². The van der Waals surface area contributed by atoms with Crippen LogP contribution in [0.4, 0.5) is 11.4 Å². The van der Waals surface area contributed by atoms with E-state index >= 15 is 0 Å². The summed E-state index contributed by atoms with van der Waals surface area (Å²) in [5, 5.41) is 6.53. The van der Waals surface area contributed by atoms with Crippen molar-refractivity contribution in [2.75, 3.05) is 16.8 Å². The second-order valence-electron chi connectivity index (χ2n) is 6.70. The van der Waals surface area contributed by atoms with Gasteiger partial charge < -0.3 is 14.6 Å². The van der Waals surface area contributed by atoms with Gasteiger partial charge >= 0.3 is 5.97 Å². The van der Waals surface area contributed by atoms with E-state index in [0.29, 0.717) is 22.8 Å². The van der Waals surface area contributed by atoms with Crippen LogP contribution in [0.15, 0.2) is 28.8 Å². The van der Waals surface area contributed by atoms with Crippen LogP contribution in [0, 0.1) is 6.92 Å². The molecule has 142 valence electrons. The highest BCUT2D eigenvalue weighted by Gasteiger charge is 2.33. The molecule has 1 aliphatic rings. The molecule has 0 spiro atoms. The van der Waals surface area contributed by atoms with Crippen molar-refractivity contribution < 1.29 is 23.6 Å². The van der Waals surface area contributed by atoms with E-state index in [9.17, 15) is 14.4 Å². The highest BCUT2D eigenvalue weighted by atomic mass is 16.5. The van der Waals surface area contributed by atoms with Crippen LogP contribution in [0.1, 0.15) is 48.5 Å². The summed E-state index contributed by atoms with van der Waals surface area (Å²) >= 11 is 0. The van der Waals surface area contributed by atoms with Gasteiger partial charge in [0.25, 0.3) is 5.91 Å². The fraction of sp³-hybridized carbons (Fsp3) is 0.368. The standard InChI is InChI=1S/C19H21N3O5/c1-10(2)17-16(11(3)21-27-17)19(25)26-12(4)18(24)22-9-15(23)20-13-7-5-6-8-14(13)22/h5-8,10,12H,9H2,1-4H3,(H,20,23). The third-order valence-electron chi connectivity index (χ3n) is 4.29. The molecule has 1 aromatic heterocycles. The summed E-state index contributed by atoms with van der Waals surface area (Å²) in [4.78, 5) is 38.7. The molecule has 0 aliphatic carbocycles. The normalized spacial score (nSPS) is 14.6. The van der Waals surface area contributed by atoms with Crippen molar-refractivity contribution in [3.05, 3.63) is 41.3 Å². The second-order valence-corrected chi connectivity index (χ2v) is 6.70. The van der Waals surface area contributed by atoms with E-state index in [4.69, 9.17) is 9.26 Å². The first-order valence-corrected chi connectivity index (χ1v) is 8.67. The van der Waals surface area contributed by atoms with Crippen molar-refractivity contribution in [3.63, 3.8) is 0 Å². The zero-order chi connectivity index (χ0) is 19.7. The molecule has 0 bridgehead atoms. The van der Waals surface area contributed by atoms with Gasteiger partial charge in [-0.3, -0.25) is 14.5 Å². The van der Waals surface area contributed by atoms with E-state index in [1.807, 2.05) is 13.8 Å². The van der Waals surface area contributed by atoms with Gasteiger partial charge in [0.1, 0.15) is 12.1 Å². The molecule has 8 nitrogen and oxygen atoms in total. The zero-order valence-electron chi connectivity index (χ0n) is 15.6. The molecule has 1 aliphatic heterocycles. The minimum atomic E-state index is -1.08. The van der Waals surface area contributed by atoms with Gasteiger partial charge in [-0.05, 0) is 26.0 Å². The third-order valence-corrected chi connectivity index (χ3v) is 4.29. The molecule has 0 saturated carbocycles. The third kappa shape index (κ3) is 3.55. The lowest BCUT2D eigenvalue weighted by atomic mass is 10.1. The summed E-state index contributed by atoms with van der Waals surface area (Å²) in [7, 11) is 0. The van der Waals surface area contributed by atoms with Crippen molar-refractivity contribution in [2.24, 2.45) is 0 Å². The lowest BCUT2D eigenvalue weighted by Gasteiger charge is -2.30. The number of ether oxygens (including phenoxy) is 1. The fourth-order valence-electron chi connectivity index (χ4n) is 2.95. The summed E-state index contributed by atoms with van der Waals surface area (Å²) in [6.07, 6.45) is -1.08. The molecule has 27 heavy (non-hydrogen) atoms. The summed E-state index contributed by atoms with van der Waals surface area (Å²) in [5.74, 6) is -1.10. The Hall–Kier alpha value is -3.16. The first kappa shape index (κ1) is 18.6. The quantitative estimate of drug-likeness (QED) is 0.829. The smallest absolute Gasteiger partial charge is 0.344 e.